The molecule has 0 radical (unpaired) electrons. The SMILES string of the molecule is CCC1CCN(c2cncc(CNC)n2)C1. The van der Waals surface area contributed by atoms with Gasteiger partial charge in [-0.2, -0.15) is 0 Å². The topological polar surface area (TPSA) is 41.1 Å². The third kappa shape index (κ3) is 2.50. The van der Waals surface area contributed by atoms with Gasteiger partial charge in [-0.3, -0.25) is 4.98 Å². The Labute approximate surface area is 97.1 Å². The first kappa shape index (κ1) is 11.3. The normalized spacial score (nSPS) is 20.4. The lowest BCUT2D eigenvalue weighted by Crippen LogP contribution is -2.21. The minimum absolute atomic E-state index is 0.784. The lowest BCUT2D eigenvalue weighted by molar-refractivity contribution is 0.568. The van der Waals surface area contributed by atoms with Crippen LogP contribution >= 0.6 is 0 Å². The van der Waals surface area contributed by atoms with E-state index in [1.165, 1.54) is 12.8 Å². The van der Waals surface area contributed by atoms with Crippen molar-refractivity contribution < 1.29 is 0 Å². The summed E-state index contributed by atoms with van der Waals surface area (Å²) in [6.07, 6.45) is 6.25. The highest BCUT2D eigenvalue weighted by atomic mass is 15.2. The summed E-state index contributed by atoms with van der Waals surface area (Å²) in [5, 5.41) is 3.10. The van der Waals surface area contributed by atoms with Gasteiger partial charge in [-0.1, -0.05) is 13.3 Å². The minimum atomic E-state index is 0.784. The van der Waals surface area contributed by atoms with Gasteiger partial charge in [0.15, 0.2) is 0 Å². The van der Waals surface area contributed by atoms with E-state index in [2.05, 4.69) is 27.1 Å². The minimum Gasteiger partial charge on any atom is -0.355 e. The fourth-order valence-corrected chi connectivity index (χ4v) is 2.19. The van der Waals surface area contributed by atoms with E-state index in [9.17, 15) is 0 Å². The molecule has 1 aromatic heterocycles. The van der Waals surface area contributed by atoms with Crippen LogP contribution in [0.5, 0.6) is 0 Å². The molecule has 1 unspecified atom stereocenters. The Morgan fingerprint density at radius 2 is 2.38 bits per heavy atom. The van der Waals surface area contributed by atoms with Gasteiger partial charge in [0.2, 0.25) is 0 Å². The molecule has 2 heterocycles. The Bertz CT molecular complexity index is 340. The van der Waals surface area contributed by atoms with Crippen molar-refractivity contribution in [3.05, 3.63) is 18.1 Å². The van der Waals surface area contributed by atoms with E-state index in [0.29, 0.717) is 0 Å². The zero-order valence-corrected chi connectivity index (χ0v) is 10.1. The zero-order chi connectivity index (χ0) is 11.4. The van der Waals surface area contributed by atoms with E-state index in [-0.39, 0.29) is 0 Å². The van der Waals surface area contributed by atoms with Crippen molar-refractivity contribution in [2.24, 2.45) is 5.92 Å². The molecule has 88 valence electrons. The molecule has 1 N–H and O–H groups in total. The van der Waals surface area contributed by atoms with E-state index >= 15 is 0 Å². The van der Waals surface area contributed by atoms with Crippen LogP contribution < -0.4 is 10.2 Å². The monoisotopic (exact) mass is 220 g/mol. The van der Waals surface area contributed by atoms with Crippen LogP contribution in [-0.4, -0.2) is 30.1 Å². The van der Waals surface area contributed by atoms with Gasteiger partial charge in [0, 0.05) is 25.8 Å². The van der Waals surface area contributed by atoms with Crippen LogP contribution in [-0.2, 0) is 6.54 Å². The summed E-state index contributed by atoms with van der Waals surface area (Å²) < 4.78 is 0. The van der Waals surface area contributed by atoms with E-state index < -0.39 is 0 Å². The maximum Gasteiger partial charge on any atom is 0.147 e. The van der Waals surface area contributed by atoms with Crippen LogP contribution in [0.15, 0.2) is 12.4 Å². The third-order valence-electron chi connectivity index (χ3n) is 3.22. The molecule has 0 aliphatic carbocycles. The maximum absolute atomic E-state index is 4.61. The summed E-state index contributed by atoms with van der Waals surface area (Å²) in [5.41, 5.74) is 1.01. The molecule has 1 aliphatic rings. The molecular formula is C12H20N4. The van der Waals surface area contributed by atoms with Crippen molar-refractivity contribution in [1.29, 1.82) is 0 Å². The van der Waals surface area contributed by atoms with Gasteiger partial charge in [0.05, 0.1) is 11.9 Å². The first-order valence-electron chi connectivity index (χ1n) is 6.04. The second kappa shape index (κ2) is 5.25. The molecule has 4 heteroatoms. The van der Waals surface area contributed by atoms with Crippen LogP contribution in [0.25, 0.3) is 0 Å². The van der Waals surface area contributed by atoms with Gasteiger partial charge in [-0.15, -0.1) is 0 Å². The van der Waals surface area contributed by atoms with Crippen molar-refractivity contribution in [2.45, 2.75) is 26.3 Å². The van der Waals surface area contributed by atoms with E-state index in [0.717, 1.165) is 37.1 Å². The highest BCUT2D eigenvalue weighted by molar-refractivity contribution is 5.37. The molecule has 2 rings (SSSR count). The molecule has 1 aliphatic heterocycles. The molecule has 1 aromatic rings. The Morgan fingerprint density at radius 1 is 1.50 bits per heavy atom. The molecule has 1 fully saturated rings. The van der Waals surface area contributed by atoms with Gasteiger partial charge < -0.3 is 10.2 Å². The Kier molecular flexibility index (Phi) is 3.72. The van der Waals surface area contributed by atoms with E-state index in [1.807, 2.05) is 19.4 Å². The summed E-state index contributed by atoms with van der Waals surface area (Å²) in [6.45, 7) is 5.30. The second-order valence-corrected chi connectivity index (χ2v) is 4.41. The molecule has 16 heavy (non-hydrogen) atoms. The van der Waals surface area contributed by atoms with Gasteiger partial charge in [0.1, 0.15) is 5.82 Å². The van der Waals surface area contributed by atoms with Crippen molar-refractivity contribution in [2.75, 3.05) is 25.0 Å². The van der Waals surface area contributed by atoms with Crippen LogP contribution in [0.4, 0.5) is 5.82 Å². The molecule has 0 saturated carbocycles. The second-order valence-electron chi connectivity index (χ2n) is 4.41. The van der Waals surface area contributed by atoms with Gasteiger partial charge in [-0.05, 0) is 19.4 Å². The fraction of sp³-hybridized carbons (Fsp3) is 0.667. The molecule has 0 spiro atoms. The van der Waals surface area contributed by atoms with Crippen LogP contribution in [0.2, 0.25) is 0 Å². The molecule has 4 nitrogen and oxygen atoms in total. The van der Waals surface area contributed by atoms with E-state index in [4.69, 9.17) is 0 Å². The number of nitrogens with one attached hydrogen (secondary N) is 1. The first-order valence-corrected chi connectivity index (χ1v) is 6.04. The van der Waals surface area contributed by atoms with Gasteiger partial charge in [0.25, 0.3) is 0 Å². The number of anilines is 1. The first-order chi connectivity index (χ1) is 7.83. The largest absolute Gasteiger partial charge is 0.355 e. The lowest BCUT2D eigenvalue weighted by Gasteiger charge is -2.17. The predicted molar refractivity (Wildman–Crippen MR) is 65.4 cm³/mol. The van der Waals surface area contributed by atoms with Crippen LogP contribution in [0.3, 0.4) is 0 Å². The van der Waals surface area contributed by atoms with Gasteiger partial charge >= 0.3 is 0 Å². The Hall–Kier alpha value is -1.16. The quantitative estimate of drug-likeness (QED) is 0.833. The molecule has 0 bridgehead atoms. The number of aromatic nitrogens is 2. The molecule has 1 saturated heterocycles. The van der Waals surface area contributed by atoms with Crippen molar-refractivity contribution in [3.8, 4) is 0 Å². The number of hydrogen-bond acceptors (Lipinski definition) is 4. The lowest BCUT2D eigenvalue weighted by atomic mass is 10.1. The smallest absolute Gasteiger partial charge is 0.147 e. The van der Waals surface area contributed by atoms with Crippen molar-refractivity contribution in [3.63, 3.8) is 0 Å². The van der Waals surface area contributed by atoms with Crippen LogP contribution in [0.1, 0.15) is 25.5 Å². The highest BCUT2D eigenvalue weighted by Gasteiger charge is 2.22. The number of rotatable bonds is 4. The van der Waals surface area contributed by atoms with Crippen LogP contribution in [0, 0.1) is 5.92 Å². The maximum atomic E-state index is 4.61. The molecule has 0 aromatic carbocycles. The van der Waals surface area contributed by atoms with E-state index in [1.54, 1.807) is 0 Å². The van der Waals surface area contributed by atoms with Crippen molar-refractivity contribution in [1.82, 2.24) is 15.3 Å². The average Bonchev–Trinajstić information content (AvgIpc) is 2.78. The number of nitrogens with zero attached hydrogens (tertiary/aromatic N) is 3. The predicted octanol–water partition coefficient (Wildman–Crippen LogP) is 1.43. The third-order valence-corrected chi connectivity index (χ3v) is 3.22. The Balaban J connectivity index is 2.06. The Morgan fingerprint density at radius 3 is 3.06 bits per heavy atom. The summed E-state index contributed by atoms with van der Waals surface area (Å²) in [6, 6.07) is 0. The zero-order valence-electron chi connectivity index (χ0n) is 10.1. The van der Waals surface area contributed by atoms with Gasteiger partial charge in [-0.25, -0.2) is 4.98 Å². The molecular weight excluding hydrogens is 200 g/mol. The summed E-state index contributed by atoms with van der Waals surface area (Å²) in [4.78, 5) is 11.2. The summed E-state index contributed by atoms with van der Waals surface area (Å²) in [7, 11) is 1.93. The van der Waals surface area contributed by atoms with Crippen molar-refractivity contribution >= 4 is 5.82 Å². The molecule has 0 amide bonds. The summed E-state index contributed by atoms with van der Waals surface area (Å²) >= 11 is 0. The molecule has 1 atom stereocenters. The summed E-state index contributed by atoms with van der Waals surface area (Å²) in [5.74, 6) is 1.86. The number of hydrogen-bond donors (Lipinski definition) is 1. The fourth-order valence-electron chi connectivity index (χ4n) is 2.19. The highest BCUT2D eigenvalue weighted by Crippen LogP contribution is 2.23. The average molecular weight is 220 g/mol. The standard InChI is InChI=1S/C12H20N4/c1-3-10-4-5-16(9-10)12-8-14-7-11(15-12)6-13-2/h7-8,10,13H,3-6,9H2,1-2H3.